The van der Waals surface area contributed by atoms with Gasteiger partial charge in [0, 0.05) is 13.1 Å². The average molecular weight is 317 g/mol. The number of nitrogens with one attached hydrogen (secondary N) is 3. The summed E-state index contributed by atoms with van der Waals surface area (Å²) in [7, 11) is 0. The number of alkyl carbamates (subject to hydrolysis) is 2. The van der Waals surface area contributed by atoms with Crippen LogP contribution in [-0.4, -0.2) is 49.4 Å². The van der Waals surface area contributed by atoms with Gasteiger partial charge in [-0.25, -0.2) is 9.59 Å². The molecule has 3 amide bonds. The van der Waals surface area contributed by atoms with E-state index in [0.717, 1.165) is 0 Å². The summed E-state index contributed by atoms with van der Waals surface area (Å²) in [6.45, 7) is 9.49. The summed E-state index contributed by atoms with van der Waals surface area (Å²) in [6.07, 6.45) is -0.744. The van der Waals surface area contributed by atoms with Gasteiger partial charge in [-0.1, -0.05) is 6.92 Å². The molecule has 0 spiro atoms. The Morgan fingerprint density at radius 1 is 1.00 bits per heavy atom. The first-order valence-electron chi connectivity index (χ1n) is 7.37. The Labute approximate surface area is 131 Å². The molecule has 0 aromatic rings. The van der Waals surface area contributed by atoms with Crippen LogP contribution in [0.4, 0.5) is 9.59 Å². The van der Waals surface area contributed by atoms with Gasteiger partial charge in [0.15, 0.2) is 0 Å². The summed E-state index contributed by atoms with van der Waals surface area (Å²) in [5.74, 6) is -0.334. The van der Waals surface area contributed by atoms with Crippen molar-refractivity contribution in [2.24, 2.45) is 0 Å². The van der Waals surface area contributed by atoms with E-state index in [0.29, 0.717) is 6.42 Å². The zero-order chi connectivity index (χ0) is 17.2. The molecule has 0 saturated heterocycles. The standard InChI is InChI=1S/C14H27N3O5/c1-6-10(17-13(20)22-14(3,4)5)11(18)15-8-9-16-12(19)21-7-2/h10H,6-9H2,1-5H3,(H,15,18)(H,16,19)(H,17,20)/t10-/m0/s1. The largest absolute Gasteiger partial charge is 0.450 e. The first kappa shape index (κ1) is 20.0. The molecule has 0 saturated carbocycles. The zero-order valence-corrected chi connectivity index (χ0v) is 13.9. The Kier molecular flexibility index (Phi) is 8.97. The molecule has 0 aliphatic carbocycles. The fraction of sp³-hybridized carbons (Fsp3) is 0.786. The van der Waals surface area contributed by atoms with Gasteiger partial charge in [0.1, 0.15) is 11.6 Å². The second-order valence-corrected chi connectivity index (χ2v) is 5.55. The molecule has 0 aliphatic rings. The summed E-state index contributed by atoms with van der Waals surface area (Å²) in [5, 5.41) is 7.61. The highest BCUT2D eigenvalue weighted by molar-refractivity contribution is 5.85. The van der Waals surface area contributed by atoms with E-state index in [-0.39, 0.29) is 25.6 Å². The fourth-order valence-electron chi connectivity index (χ4n) is 1.46. The second-order valence-electron chi connectivity index (χ2n) is 5.55. The molecule has 8 nitrogen and oxygen atoms in total. The predicted octanol–water partition coefficient (Wildman–Crippen LogP) is 1.15. The van der Waals surface area contributed by atoms with Crippen molar-refractivity contribution in [3.05, 3.63) is 0 Å². The molecule has 0 aliphatic heterocycles. The van der Waals surface area contributed by atoms with Crippen LogP contribution < -0.4 is 16.0 Å². The average Bonchev–Trinajstić information content (AvgIpc) is 2.39. The van der Waals surface area contributed by atoms with Gasteiger partial charge in [-0.05, 0) is 34.1 Å². The number of rotatable bonds is 7. The lowest BCUT2D eigenvalue weighted by molar-refractivity contribution is -0.123. The topological polar surface area (TPSA) is 106 Å². The smallest absolute Gasteiger partial charge is 0.408 e. The van der Waals surface area contributed by atoms with Crippen LogP contribution in [-0.2, 0) is 14.3 Å². The second kappa shape index (κ2) is 9.86. The molecule has 0 heterocycles. The highest BCUT2D eigenvalue weighted by Gasteiger charge is 2.22. The molecular weight excluding hydrogens is 290 g/mol. The van der Waals surface area contributed by atoms with Crippen molar-refractivity contribution < 1.29 is 23.9 Å². The van der Waals surface area contributed by atoms with Crippen LogP contribution in [0.5, 0.6) is 0 Å². The monoisotopic (exact) mass is 317 g/mol. The molecule has 128 valence electrons. The molecule has 22 heavy (non-hydrogen) atoms. The number of carbonyl (C=O) groups is 3. The van der Waals surface area contributed by atoms with E-state index in [4.69, 9.17) is 4.74 Å². The van der Waals surface area contributed by atoms with Crippen LogP contribution in [0.25, 0.3) is 0 Å². The van der Waals surface area contributed by atoms with E-state index in [1.165, 1.54) is 0 Å². The maximum absolute atomic E-state index is 11.9. The first-order valence-corrected chi connectivity index (χ1v) is 7.37. The fourth-order valence-corrected chi connectivity index (χ4v) is 1.46. The van der Waals surface area contributed by atoms with Crippen LogP contribution in [0.1, 0.15) is 41.0 Å². The van der Waals surface area contributed by atoms with Gasteiger partial charge >= 0.3 is 12.2 Å². The maximum Gasteiger partial charge on any atom is 0.408 e. The summed E-state index contributed by atoms with van der Waals surface area (Å²) < 4.78 is 9.78. The predicted molar refractivity (Wildman–Crippen MR) is 81.5 cm³/mol. The van der Waals surface area contributed by atoms with E-state index in [1.54, 1.807) is 34.6 Å². The number of ether oxygens (including phenoxy) is 2. The van der Waals surface area contributed by atoms with E-state index in [9.17, 15) is 14.4 Å². The van der Waals surface area contributed by atoms with Crippen molar-refractivity contribution in [2.75, 3.05) is 19.7 Å². The Bertz CT molecular complexity index is 379. The van der Waals surface area contributed by atoms with Crippen molar-refractivity contribution in [3.8, 4) is 0 Å². The van der Waals surface area contributed by atoms with Crippen LogP contribution in [0, 0.1) is 0 Å². The van der Waals surface area contributed by atoms with Gasteiger partial charge in [0.05, 0.1) is 6.61 Å². The number of hydrogen-bond donors (Lipinski definition) is 3. The minimum absolute atomic E-state index is 0.240. The van der Waals surface area contributed by atoms with E-state index in [1.807, 2.05) is 0 Å². The summed E-state index contributed by atoms with van der Waals surface area (Å²) in [4.78, 5) is 34.6. The normalized spacial score (nSPS) is 12.0. The molecule has 1 atom stereocenters. The van der Waals surface area contributed by atoms with E-state index >= 15 is 0 Å². The highest BCUT2D eigenvalue weighted by Crippen LogP contribution is 2.07. The molecule has 0 radical (unpaired) electrons. The lowest BCUT2D eigenvalue weighted by Crippen LogP contribution is -2.49. The molecular formula is C14H27N3O5. The van der Waals surface area contributed by atoms with Gasteiger partial charge in [0.2, 0.25) is 5.91 Å². The van der Waals surface area contributed by atoms with Crippen LogP contribution in [0.2, 0.25) is 0 Å². The number of amides is 3. The van der Waals surface area contributed by atoms with Gasteiger partial charge in [0.25, 0.3) is 0 Å². The van der Waals surface area contributed by atoms with Gasteiger partial charge in [-0.15, -0.1) is 0 Å². The van der Waals surface area contributed by atoms with Crippen molar-refractivity contribution in [3.63, 3.8) is 0 Å². The zero-order valence-electron chi connectivity index (χ0n) is 13.9. The molecule has 0 aromatic heterocycles. The number of hydrogen-bond acceptors (Lipinski definition) is 5. The third kappa shape index (κ3) is 9.84. The Morgan fingerprint density at radius 3 is 2.09 bits per heavy atom. The third-order valence-corrected chi connectivity index (χ3v) is 2.38. The van der Waals surface area contributed by atoms with Crippen LogP contribution >= 0.6 is 0 Å². The quantitative estimate of drug-likeness (QED) is 0.611. The SMILES string of the molecule is CCOC(=O)NCCNC(=O)[C@H](CC)NC(=O)OC(C)(C)C. The maximum atomic E-state index is 11.9. The molecule has 0 fully saturated rings. The summed E-state index contributed by atoms with van der Waals surface area (Å²) >= 11 is 0. The van der Waals surface area contributed by atoms with Crippen LogP contribution in [0.15, 0.2) is 0 Å². The molecule has 3 N–H and O–H groups in total. The molecule has 0 unspecified atom stereocenters. The van der Waals surface area contributed by atoms with Crippen molar-refractivity contribution in [2.45, 2.75) is 52.7 Å². The molecule has 0 rings (SSSR count). The molecule has 0 aromatic carbocycles. The van der Waals surface area contributed by atoms with Crippen LogP contribution in [0.3, 0.4) is 0 Å². The minimum atomic E-state index is -0.683. The Morgan fingerprint density at radius 2 is 1.59 bits per heavy atom. The van der Waals surface area contributed by atoms with Gasteiger partial charge in [-0.2, -0.15) is 0 Å². The van der Waals surface area contributed by atoms with Gasteiger partial charge in [-0.3, -0.25) is 4.79 Å². The van der Waals surface area contributed by atoms with E-state index < -0.39 is 23.8 Å². The number of carbonyl (C=O) groups excluding carboxylic acids is 3. The summed E-state index contributed by atoms with van der Waals surface area (Å²) in [5.41, 5.74) is -0.623. The highest BCUT2D eigenvalue weighted by atomic mass is 16.6. The molecule has 8 heteroatoms. The Balaban J connectivity index is 4.10. The van der Waals surface area contributed by atoms with Gasteiger partial charge < -0.3 is 25.4 Å². The first-order chi connectivity index (χ1) is 10.2. The van der Waals surface area contributed by atoms with Crippen molar-refractivity contribution in [1.82, 2.24) is 16.0 Å². The van der Waals surface area contributed by atoms with Crippen molar-refractivity contribution >= 4 is 18.1 Å². The lowest BCUT2D eigenvalue weighted by atomic mass is 10.2. The molecule has 0 bridgehead atoms. The lowest BCUT2D eigenvalue weighted by Gasteiger charge is -2.22. The third-order valence-electron chi connectivity index (χ3n) is 2.38. The van der Waals surface area contributed by atoms with E-state index in [2.05, 4.69) is 20.7 Å². The van der Waals surface area contributed by atoms with Crippen molar-refractivity contribution in [1.29, 1.82) is 0 Å². The Hall–Kier alpha value is -1.99. The minimum Gasteiger partial charge on any atom is -0.450 e. The summed E-state index contributed by atoms with van der Waals surface area (Å²) in [6, 6.07) is -0.683.